The van der Waals surface area contributed by atoms with Crippen LogP contribution in [0.4, 0.5) is 0 Å². The van der Waals surface area contributed by atoms with Gasteiger partial charge in [-0.25, -0.2) is 0 Å². The van der Waals surface area contributed by atoms with Crippen LogP contribution in [0.2, 0.25) is 0 Å². The minimum Gasteiger partial charge on any atom is -0.382 e. The lowest BCUT2D eigenvalue weighted by molar-refractivity contribution is 0.111. The van der Waals surface area contributed by atoms with Crippen molar-refractivity contribution < 1.29 is 4.74 Å². The molecule has 1 aromatic carbocycles. The van der Waals surface area contributed by atoms with Crippen molar-refractivity contribution >= 4 is 0 Å². The van der Waals surface area contributed by atoms with Crippen LogP contribution in [0.25, 0.3) is 0 Å². The van der Waals surface area contributed by atoms with Gasteiger partial charge in [-0.05, 0) is 43.7 Å². The summed E-state index contributed by atoms with van der Waals surface area (Å²) in [6.45, 7) is 2.91. The van der Waals surface area contributed by atoms with E-state index in [1.807, 2.05) is 0 Å². The fraction of sp³-hybridized carbons (Fsp3) is 0.667. The molecule has 0 spiro atoms. The minimum absolute atomic E-state index is 0.247. The smallest absolute Gasteiger partial charge is 0.0546 e. The lowest BCUT2D eigenvalue weighted by atomic mass is 9.69. The van der Waals surface area contributed by atoms with E-state index >= 15 is 0 Å². The van der Waals surface area contributed by atoms with Crippen LogP contribution in [0.15, 0.2) is 24.3 Å². The molecule has 1 fully saturated rings. The van der Waals surface area contributed by atoms with Gasteiger partial charge in [0.25, 0.3) is 0 Å². The second kappa shape index (κ2) is 7.24. The fourth-order valence-corrected chi connectivity index (χ4v) is 3.35. The van der Waals surface area contributed by atoms with Gasteiger partial charge in [-0.15, -0.1) is 0 Å². The van der Waals surface area contributed by atoms with Gasteiger partial charge in [0.15, 0.2) is 0 Å². The predicted molar refractivity (Wildman–Crippen MR) is 85.1 cm³/mol. The summed E-state index contributed by atoms with van der Waals surface area (Å²) in [4.78, 5) is 0. The highest BCUT2D eigenvalue weighted by Gasteiger charge is 2.32. The number of benzene rings is 1. The zero-order valence-corrected chi connectivity index (χ0v) is 13.0. The first-order chi connectivity index (χ1) is 9.70. The average Bonchev–Trinajstić information content (AvgIpc) is 2.53. The number of methoxy groups -OCH3 is 1. The molecule has 1 aromatic rings. The van der Waals surface area contributed by atoms with Gasteiger partial charge in [-0.3, -0.25) is 0 Å². The Kier molecular flexibility index (Phi) is 5.62. The molecule has 20 heavy (non-hydrogen) atoms. The van der Waals surface area contributed by atoms with Gasteiger partial charge < -0.3 is 10.5 Å². The second-order valence-electron chi connectivity index (χ2n) is 6.33. The first-order valence-corrected chi connectivity index (χ1v) is 8.02. The summed E-state index contributed by atoms with van der Waals surface area (Å²) < 4.78 is 5.31. The molecule has 2 N–H and O–H groups in total. The van der Waals surface area contributed by atoms with Gasteiger partial charge in [0.2, 0.25) is 0 Å². The second-order valence-corrected chi connectivity index (χ2v) is 6.33. The Bertz CT molecular complexity index is 392. The Balaban J connectivity index is 2.03. The fourth-order valence-electron chi connectivity index (χ4n) is 3.35. The zero-order chi connectivity index (χ0) is 14.4. The monoisotopic (exact) mass is 275 g/mol. The molecule has 1 unspecified atom stereocenters. The predicted octanol–water partition coefficient (Wildman–Crippen LogP) is 3.81. The van der Waals surface area contributed by atoms with Gasteiger partial charge in [-0.1, -0.05) is 43.5 Å². The Hall–Kier alpha value is -0.860. The van der Waals surface area contributed by atoms with Gasteiger partial charge in [0.1, 0.15) is 0 Å². The summed E-state index contributed by atoms with van der Waals surface area (Å²) in [5.41, 5.74) is 9.21. The van der Waals surface area contributed by atoms with Crippen molar-refractivity contribution in [2.75, 3.05) is 13.7 Å². The number of ether oxygens (including phenoxy) is 1. The molecule has 0 heterocycles. The van der Waals surface area contributed by atoms with E-state index in [0.29, 0.717) is 6.10 Å². The number of hydrogen-bond donors (Lipinski definition) is 1. The van der Waals surface area contributed by atoms with Crippen molar-refractivity contribution in [2.45, 2.75) is 63.4 Å². The molecule has 1 atom stereocenters. The van der Waals surface area contributed by atoms with Crippen LogP contribution in [0.3, 0.4) is 0 Å². The van der Waals surface area contributed by atoms with Crippen LogP contribution >= 0.6 is 0 Å². The van der Waals surface area contributed by atoms with E-state index in [1.54, 1.807) is 7.11 Å². The highest BCUT2D eigenvalue weighted by Crippen LogP contribution is 2.38. The maximum Gasteiger partial charge on any atom is 0.0546 e. The zero-order valence-electron chi connectivity index (χ0n) is 13.0. The molecule has 1 aliphatic carbocycles. The molecule has 0 radical (unpaired) electrons. The van der Waals surface area contributed by atoms with Crippen molar-refractivity contribution in [1.29, 1.82) is 0 Å². The van der Waals surface area contributed by atoms with Crippen LogP contribution in [-0.2, 0) is 16.6 Å². The largest absolute Gasteiger partial charge is 0.382 e. The molecule has 2 rings (SSSR count). The highest BCUT2D eigenvalue weighted by atomic mass is 16.5. The van der Waals surface area contributed by atoms with Crippen LogP contribution in [0.5, 0.6) is 0 Å². The molecule has 2 nitrogen and oxygen atoms in total. The Labute approximate surface area is 123 Å². The Morgan fingerprint density at radius 1 is 1.15 bits per heavy atom. The number of rotatable bonds is 6. The van der Waals surface area contributed by atoms with Crippen LogP contribution < -0.4 is 5.73 Å². The SMILES string of the molecule is COC(C)CCc1ccc(C2(CN)CCCCC2)cc1. The molecule has 0 amide bonds. The van der Waals surface area contributed by atoms with Crippen molar-refractivity contribution in [2.24, 2.45) is 5.73 Å². The summed E-state index contributed by atoms with van der Waals surface area (Å²) in [7, 11) is 1.78. The van der Waals surface area contributed by atoms with Crippen molar-refractivity contribution in [3.8, 4) is 0 Å². The van der Waals surface area contributed by atoms with E-state index in [9.17, 15) is 0 Å². The van der Waals surface area contributed by atoms with Crippen molar-refractivity contribution in [3.05, 3.63) is 35.4 Å². The van der Waals surface area contributed by atoms with Crippen molar-refractivity contribution in [3.63, 3.8) is 0 Å². The van der Waals surface area contributed by atoms with Crippen molar-refractivity contribution in [1.82, 2.24) is 0 Å². The average molecular weight is 275 g/mol. The van der Waals surface area contributed by atoms with E-state index < -0.39 is 0 Å². The molecule has 0 bridgehead atoms. The van der Waals surface area contributed by atoms with E-state index in [0.717, 1.165) is 19.4 Å². The summed E-state index contributed by atoms with van der Waals surface area (Å²) in [6, 6.07) is 9.18. The van der Waals surface area contributed by atoms with Crippen LogP contribution in [-0.4, -0.2) is 19.8 Å². The van der Waals surface area contributed by atoms with E-state index in [2.05, 4.69) is 31.2 Å². The maximum absolute atomic E-state index is 6.11. The molecule has 1 aliphatic rings. The van der Waals surface area contributed by atoms with Crippen LogP contribution in [0.1, 0.15) is 56.6 Å². The minimum atomic E-state index is 0.247. The van der Waals surface area contributed by atoms with Gasteiger partial charge >= 0.3 is 0 Å². The maximum atomic E-state index is 6.11. The molecule has 0 aromatic heterocycles. The molecule has 2 heteroatoms. The molecular weight excluding hydrogens is 246 g/mol. The van der Waals surface area contributed by atoms with Gasteiger partial charge in [0, 0.05) is 19.1 Å². The third kappa shape index (κ3) is 3.62. The summed E-state index contributed by atoms with van der Waals surface area (Å²) in [6.07, 6.45) is 9.03. The third-order valence-electron chi connectivity index (χ3n) is 5.01. The van der Waals surface area contributed by atoms with Crippen LogP contribution in [0, 0.1) is 0 Å². The molecule has 112 valence electrons. The summed E-state index contributed by atoms with van der Waals surface area (Å²) >= 11 is 0. The number of hydrogen-bond acceptors (Lipinski definition) is 2. The normalized spacial score (nSPS) is 19.8. The molecule has 0 saturated heterocycles. The van der Waals surface area contributed by atoms with Gasteiger partial charge in [-0.2, -0.15) is 0 Å². The van der Waals surface area contributed by atoms with E-state index in [1.165, 1.54) is 43.2 Å². The summed E-state index contributed by atoms with van der Waals surface area (Å²) in [5.74, 6) is 0. The lowest BCUT2D eigenvalue weighted by Crippen LogP contribution is -2.37. The first kappa shape index (κ1) is 15.5. The topological polar surface area (TPSA) is 35.2 Å². The lowest BCUT2D eigenvalue weighted by Gasteiger charge is -2.37. The highest BCUT2D eigenvalue weighted by molar-refractivity contribution is 5.30. The third-order valence-corrected chi connectivity index (χ3v) is 5.01. The quantitative estimate of drug-likeness (QED) is 0.856. The Morgan fingerprint density at radius 2 is 1.80 bits per heavy atom. The van der Waals surface area contributed by atoms with Gasteiger partial charge in [0.05, 0.1) is 6.10 Å². The van der Waals surface area contributed by atoms with E-state index in [-0.39, 0.29) is 5.41 Å². The number of aryl methyl sites for hydroxylation is 1. The van der Waals surface area contributed by atoms with E-state index in [4.69, 9.17) is 10.5 Å². The molecule has 0 aliphatic heterocycles. The molecule has 1 saturated carbocycles. The standard InChI is InChI=1S/C18H29NO/c1-15(20-2)6-7-16-8-10-17(11-9-16)18(14-19)12-4-3-5-13-18/h8-11,15H,3-7,12-14,19H2,1-2H3. The summed E-state index contributed by atoms with van der Waals surface area (Å²) in [5, 5.41) is 0. The molecular formula is C18H29NO. The number of nitrogens with two attached hydrogens (primary N) is 1. The Morgan fingerprint density at radius 3 is 2.35 bits per heavy atom. The first-order valence-electron chi connectivity index (χ1n) is 8.02.